The van der Waals surface area contributed by atoms with Gasteiger partial charge in [0.1, 0.15) is 0 Å². The summed E-state index contributed by atoms with van der Waals surface area (Å²) in [6.07, 6.45) is 12.9. The molecule has 2 aliphatic rings. The molecule has 0 N–H and O–H groups in total. The van der Waals surface area contributed by atoms with Gasteiger partial charge < -0.3 is 24.8 Å². The molecule has 1 atom stereocenters. The first-order valence-corrected chi connectivity index (χ1v) is 14.8. The SMILES string of the molecule is CCCCC1[C-]=CC(C(C)(C)C)=C1.C[C](=[Zr+2])c1ccccc1.Cc1[c-]c2c(cc1)-c1ccc(C)cc1C2.[Cl-].[Cl-]. The fourth-order valence-corrected chi connectivity index (χ4v) is 5.03. The number of benzene rings is 3. The van der Waals surface area contributed by atoms with Gasteiger partial charge in [-0.05, 0) is 18.9 Å². The fraction of sp³-hybridized carbons (Fsp3) is 0.361. The van der Waals surface area contributed by atoms with Gasteiger partial charge in [-0.2, -0.15) is 35.4 Å². The molecule has 5 rings (SSSR count). The van der Waals surface area contributed by atoms with E-state index in [0.717, 1.165) is 6.42 Å². The second kappa shape index (κ2) is 16.7. The Morgan fingerprint density at radius 3 is 2.18 bits per heavy atom. The first-order chi connectivity index (χ1) is 17.6. The van der Waals surface area contributed by atoms with Crippen LogP contribution in [0.4, 0.5) is 0 Å². The molecule has 0 fully saturated rings. The molecule has 3 heteroatoms. The summed E-state index contributed by atoms with van der Waals surface area (Å²) in [5.74, 6) is 0.592. The van der Waals surface area contributed by atoms with Crippen LogP contribution in [0, 0.1) is 37.3 Å². The maximum absolute atomic E-state index is 3.45. The van der Waals surface area contributed by atoms with Crippen LogP contribution in [0.5, 0.6) is 0 Å². The van der Waals surface area contributed by atoms with E-state index in [1.807, 2.05) is 6.07 Å². The van der Waals surface area contributed by atoms with Gasteiger partial charge in [-0.1, -0.05) is 94.5 Å². The number of unbranched alkanes of at least 4 members (excludes halogenated alkanes) is 1. The van der Waals surface area contributed by atoms with Crippen LogP contribution in [0.2, 0.25) is 0 Å². The molecule has 3 aromatic rings. The molecule has 3 aromatic carbocycles. The summed E-state index contributed by atoms with van der Waals surface area (Å²) >= 11 is 1.51. The van der Waals surface area contributed by atoms with Crippen molar-refractivity contribution in [3.05, 3.63) is 118 Å². The van der Waals surface area contributed by atoms with E-state index in [4.69, 9.17) is 0 Å². The Morgan fingerprint density at radius 1 is 0.949 bits per heavy atom. The normalized spacial score (nSPS) is 14.3. The maximum atomic E-state index is 3.45. The summed E-state index contributed by atoms with van der Waals surface area (Å²) in [6.45, 7) is 15.4. The van der Waals surface area contributed by atoms with Crippen molar-refractivity contribution in [1.29, 1.82) is 0 Å². The summed E-state index contributed by atoms with van der Waals surface area (Å²) in [5.41, 5.74) is 11.3. The number of halogens is 2. The minimum Gasteiger partial charge on any atom is -1.00 e. The maximum Gasteiger partial charge on any atom is -0.0253 e. The number of allylic oxidation sites excluding steroid dienone is 4. The number of hydrogen-bond acceptors (Lipinski definition) is 0. The number of fused-ring (bicyclic) bond motifs is 3. The summed E-state index contributed by atoms with van der Waals surface area (Å²) in [6, 6.07) is 25.0. The predicted octanol–water partition coefficient (Wildman–Crippen LogP) is 3.59. The van der Waals surface area contributed by atoms with E-state index in [2.05, 4.69) is 127 Å². The Kier molecular flexibility index (Phi) is 15.2. The molecule has 0 heterocycles. The van der Waals surface area contributed by atoms with Crippen molar-refractivity contribution in [3.63, 3.8) is 0 Å². The van der Waals surface area contributed by atoms with E-state index in [1.165, 1.54) is 91.2 Å². The zero-order valence-corrected chi connectivity index (χ0v) is 28.6. The first-order valence-electron chi connectivity index (χ1n) is 13.6. The van der Waals surface area contributed by atoms with Crippen LogP contribution in [0.1, 0.15) is 81.7 Å². The zero-order chi connectivity index (χ0) is 27.0. The minimum absolute atomic E-state index is 0. The number of hydrogen-bond donors (Lipinski definition) is 0. The average molecular weight is 637 g/mol. The van der Waals surface area contributed by atoms with Crippen LogP contribution in [-0.4, -0.2) is 3.21 Å². The van der Waals surface area contributed by atoms with Gasteiger partial charge in [-0.3, -0.25) is 6.08 Å². The summed E-state index contributed by atoms with van der Waals surface area (Å²) in [4.78, 5) is 0. The fourth-order valence-electron chi connectivity index (χ4n) is 4.62. The van der Waals surface area contributed by atoms with Gasteiger partial charge in [-0.15, -0.1) is 11.1 Å². The van der Waals surface area contributed by atoms with Crippen LogP contribution in [-0.2, 0) is 30.7 Å². The molecule has 206 valence electrons. The first kappa shape index (κ1) is 35.5. The molecule has 39 heavy (non-hydrogen) atoms. The van der Waals surface area contributed by atoms with Gasteiger partial charge >= 0.3 is 70.3 Å². The molecule has 0 aromatic heterocycles. The molecule has 0 radical (unpaired) electrons. The van der Waals surface area contributed by atoms with Crippen LogP contribution in [0.15, 0.2) is 78.4 Å². The third-order valence-corrected chi connectivity index (χ3v) is 7.58. The standard InChI is InChI=1S/C15H13.C13H21.C8H8.2ClH.Zr/c1-10-3-5-14-12(7-10)9-13-8-11(2)4-6-15(13)14;1-5-6-7-11-8-9-12(10-11)13(2,3)4;1-2-8-6-4-3-5-7-8;;;/h3-7H,9H2,1-2H3;9-11H,5-7H2,1-4H3;3-7H,1H3;2*1H;/q2*-1;;;;+2/p-2. The van der Waals surface area contributed by atoms with Crippen LogP contribution >= 0.6 is 0 Å². The van der Waals surface area contributed by atoms with Crippen molar-refractivity contribution in [2.75, 3.05) is 0 Å². The Balaban J connectivity index is 0.000000294. The minimum atomic E-state index is 0. The Labute approximate surface area is 265 Å². The number of rotatable bonds is 4. The van der Waals surface area contributed by atoms with E-state index < -0.39 is 0 Å². The van der Waals surface area contributed by atoms with E-state index in [-0.39, 0.29) is 24.8 Å². The largest absolute Gasteiger partial charge is 1.00 e. The van der Waals surface area contributed by atoms with Gasteiger partial charge in [0, 0.05) is 0 Å². The molecule has 1 unspecified atom stereocenters. The molecule has 0 saturated carbocycles. The summed E-state index contributed by atoms with van der Waals surface area (Å²) in [5, 5.41) is 0. The smallest absolute Gasteiger partial charge is 0.0253 e. The second-order valence-corrected chi connectivity index (χ2v) is 13.1. The molecular formula is C36H42Cl2Zr-2. The average Bonchev–Trinajstić information content (AvgIpc) is 3.48. The van der Waals surface area contributed by atoms with E-state index in [9.17, 15) is 0 Å². The third kappa shape index (κ3) is 10.8. The second-order valence-electron chi connectivity index (χ2n) is 11.3. The van der Waals surface area contributed by atoms with Crippen molar-refractivity contribution < 1.29 is 49.0 Å². The van der Waals surface area contributed by atoms with Crippen molar-refractivity contribution in [2.45, 2.75) is 74.1 Å². The molecule has 0 saturated heterocycles. The Morgan fingerprint density at radius 2 is 1.62 bits per heavy atom. The molecular weight excluding hydrogens is 595 g/mol. The topological polar surface area (TPSA) is 0 Å². The zero-order valence-electron chi connectivity index (χ0n) is 24.6. The molecule has 0 bridgehead atoms. The third-order valence-electron chi connectivity index (χ3n) is 6.87. The summed E-state index contributed by atoms with van der Waals surface area (Å²) in [7, 11) is 0. The van der Waals surface area contributed by atoms with Crippen LogP contribution in [0.25, 0.3) is 11.1 Å². The van der Waals surface area contributed by atoms with Crippen LogP contribution < -0.4 is 24.8 Å². The van der Waals surface area contributed by atoms with E-state index >= 15 is 0 Å². The van der Waals surface area contributed by atoms with Gasteiger partial charge in [-0.25, -0.2) is 6.08 Å². The van der Waals surface area contributed by atoms with E-state index in [0.29, 0.717) is 11.3 Å². The van der Waals surface area contributed by atoms with Gasteiger partial charge in [0.2, 0.25) is 0 Å². The van der Waals surface area contributed by atoms with E-state index in [1.54, 1.807) is 0 Å². The quantitative estimate of drug-likeness (QED) is 0.301. The number of aryl methyl sites for hydroxylation is 2. The van der Waals surface area contributed by atoms with Crippen molar-refractivity contribution >= 4 is 3.21 Å². The van der Waals surface area contributed by atoms with Crippen molar-refractivity contribution in [1.82, 2.24) is 0 Å². The van der Waals surface area contributed by atoms with Gasteiger partial charge in [0.25, 0.3) is 0 Å². The predicted molar refractivity (Wildman–Crippen MR) is 158 cm³/mol. The molecule has 0 aliphatic heterocycles. The Hall–Kier alpha value is -1.53. The summed E-state index contributed by atoms with van der Waals surface area (Å²) < 4.78 is 1.46. The molecule has 0 nitrogen and oxygen atoms in total. The monoisotopic (exact) mass is 634 g/mol. The van der Waals surface area contributed by atoms with Gasteiger partial charge in [0.05, 0.1) is 0 Å². The molecule has 2 aliphatic carbocycles. The van der Waals surface area contributed by atoms with Gasteiger partial charge in [0.15, 0.2) is 0 Å². The van der Waals surface area contributed by atoms with Crippen molar-refractivity contribution in [3.8, 4) is 11.1 Å². The molecule has 0 amide bonds. The van der Waals surface area contributed by atoms with Crippen molar-refractivity contribution in [2.24, 2.45) is 11.3 Å². The Bertz CT molecular complexity index is 1210. The van der Waals surface area contributed by atoms with Crippen LogP contribution in [0.3, 0.4) is 0 Å². The molecule has 0 spiro atoms.